The predicted octanol–water partition coefficient (Wildman–Crippen LogP) is 3.26. The van der Waals surface area contributed by atoms with E-state index in [9.17, 15) is 14.4 Å². The van der Waals surface area contributed by atoms with Crippen molar-refractivity contribution in [2.24, 2.45) is 5.92 Å². The van der Waals surface area contributed by atoms with Crippen LogP contribution >= 0.6 is 0 Å². The van der Waals surface area contributed by atoms with Crippen molar-refractivity contribution < 1.29 is 14.4 Å². The highest BCUT2D eigenvalue weighted by Gasteiger charge is 2.37. The van der Waals surface area contributed by atoms with Gasteiger partial charge in [0.15, 0.2) is 0 Å². The molecule has 0 spiro atoms. The van der Waals surface area contributed by atoms with Crippen molar-refractivity contribution in [3.63, 3.8) is 0 Å². The Morgan fingerprint density at radius 2 is 1.56 bits per heavy atom. The van der Waals surface area contributed by atoms with Gasteiger partial charge in [-0.3, -0.25) is 14.4 Å². The third-order valence-electron chi connectivity index (χ3n) is 4.56. The molecule has 2 aromatic carbocycles. The fraction of sp³-hybridized carbons (Fsp3) is 0.286. The van der Waals surface area contributed by atoms with Crippen LogP contribution in [0.25, 0.3) is 0 Å². The van der Waals surface area contributed by atoms with Crippen LogP contribution in [0.2, 0.25) is 0 Å². The van der Waals surface area contributed by atoms with Crippen LogP contribution in [0.1, 0.15) is 36.7 Å². The number of nitrogens with zero attached hydrogens (tertiary/aromatic N) is 1. The number of carbonyl (C=O) groups is 3. The van der Waals surface area contributed by atoms with Crippen LogP contribution in [0.3, 0.4) is 0 Å². The summed E-state index contributed by atoms with van der Waals surface area (Å²) in [5.41, 5.74) is 2.88. The molecular formula is C21H23N3O3. The summed E-state index contributed by atoms with van der Waals surface area (Å²) in [5, 5.41) is 5.57. The summed E-state index contributed by atoms with van der Waals surface area (Å²) < 4.78 is 0. The number of hydrogen-bond acceptors (Lipinski definition) is 3. The summed E-state index contributed by atoms with van der Waals surface area (Å²) in [6.45, 7) is 5.74. The van der Waals surface area contributed by atoms with Crippen molar-refractivity contribution in [3.05, 3.63) is 59.7 Å². The van der Waals surface area contributed by atoms with Gasteiger partial charge in [-0.05, 0) is 41.8 Å². The van der Waals surface area contributed by atoms with E-state index in [1.54, 1.807) is 35.2 Å². The first-order chi connectivity index (χ1) is 12.9. The molecule has 0 bridgehead atoms. The summed E-state index contributed by atoms with van der Waals surface area (Å²) in [4.78, 5) is 38.4. The Labute approximate surface area is 158 Å². The third kappa shape index (κ3) is 4.00. The van der Waals surface area contributed by atoms with Gasteiger partial charge in [-0.1, -0.05) is 32.0 Å². The highest BCUT2D eigenvalue weighted by atomic mass is 16.2. The zero-order valence-electron chi connectivity index (χ0n) is 15.7. The molecule has 140 valence electrons. The maximum absolute atomic E-state index is 12.9. The smallest absolute Gasteiger partial charge is 0.255 e. The highest BCUT2D eigenvalue weighted by molar-refractivity contribution is 6.03. The van der Waals surface area contributed by atoms with Gasteiger partial charge < -0.3 is 15.5 Å². The summed E-state index contributed by atoms with van der Waals surface area (Å²) in [6, 6.07) is 13.8. The number of carbonyl (C=O) groups excluding carboxylic acids is 3. The lowest BCUT2D eigenvalue weighted by atomic mass is 10.0. The van der Waals surface area contributed by atoms with Gasteiger partial charge in [-0.15, -0.1) is 0 Å². The number of fused-ring (bicyclic) bond motifs is 1. The first kappa shape index (κ1) is 18.6. The summed E-state index contributed by atoms with van der Waals surface area (Å²) >= 11 is 0. The van der Waals surface area contributed by atoms with Gasteiger partial charge in [0.25, 0.3) is 5.91 Å². The topological polar surface area (TPSA) is 78.5 Å². The van der Waals surface area contributed by atoms with E-state index in [4.69, 9.17) is 0 Å². The molecule has 1 atom stereocenters. The summed E-state index contributed by atoms with van der Waals surface area (Å²) in [6.07, 6.45) is 0. The Hall–Kier alpha value is -3.15. The second kappa shape index (κ2) is 7.61. The first-order valence-corrected chi connectivity index (χ1v) is 8.94. The van der Waals surface area contributed by atoms with E-state index < -0.39 is 6.04 Å². The zero-order valence-corrected chi connectivity index (χ0v) is 15.7. The predicted molar refractivity (Wildman–Crippen MR) is 104 cm³/mol. The first-order valence-electron chi connectivity index (χ1n) is 8.94. The molecule has 2 N–H and O–H groups in total. The number of rotatable bonds is 5. The van der Waals surface area contributed by atoms with Crippen molar-refractivity contribution in [2.45, 2.75) is 33.4 Å². The van der Waals surface area contributed by atoms with Crippen molar-refractivity contribution in [3.8, 4) is 0 Å². The molecule has 1 heterocycles. The molecule has 0 fully saturated rings. The number of nitrogens with one attached hydrogen (secondary N) is 2. The lowest BCUT2D eigenvalue weighted by Gasteiger charge is -2.30. The minimum Gasteiger partial charge on any atom is -0.326 e. The Kier molecular flexibility index (Phi) is 5.26. The average molecular weight is 365 g/mol. The van der Waals surface area contributed by atoms with Gasteiger partial charge in [0.05, 0.1) is 0 Å². The molecule has 6 heteroatoms. The van der Waals surface area contributed by atoms with Crippen molar-refractivity contribution in [2.75, 3.05) is 10.6 Å². The molecule has 0 saturated heterocycles. The molecule has 0 aromatic heterocycles. The van der Waals surface area contributed by atoms with Crippen LogP contribution in [-0.2, 0) is 16.1 Å². The average Bonchev–Trinajstić information content (AvgIpc) is 2.93. The lowest BCUT2D eigenvalue weighted by Crippen LogP contribution is -2.47. The Bertz CT molecular complexity index is 874. The molecule has 6 nitrogen and oxygen atoms in total. The van der Waals surface area contributed by atoms with E-state index >= 15 is 0 Å². The molecule has 1 aliphatic rings. The Balaban J connectivity index is 1.75. The van der Waals surface area contributed by atoms with Gasteiger partial charge >= 0.3 is 0 Å². The molecule has 0 radical (unpaired) electrons. The number of benzene rings is 2. The van der Waals surface area contributed by atoms with Crippen molar-refractivity contribution >= 4 is 29.1 Å². The van der Waals surface area contributed by atoms with Crippen molar-refractivity contribution in [1.82, 2.24) is 4.90 Å². The maximum Gasteiger partial charge on any atom is 0.255 e. The standard InChI is InChI=1S/C21H23N3O3/c1-13(2)19(24-12-15-6-4-5-7-18(15)21(24)27)20(26)23-17-10-8-16(9-11-17)22-14(3)25/h4-11,13,19H,12H2,1-3H3,(H,22,25)(H,23,26). The maximum atomic E-state index is 12.9. The second-order valence-electron chi connectivity index (χ2n) is 7.03. The fourth-order valence-corrected chi connectivity index (χ4v) is 3.36. The Morgan fingerprint density at radius 3 is 2.11 bits per heavy atom. The summed E-state index contributed by atoms with van der Waals surface area (Å²) in [7, 11) is 0. The molecule has 3 rings (SSSR count). The van der Waals surface area contributed by atoms with Crippen LogP contribution in [-0.4, -0.2) is 28.7 Å². The van der Waals surface area contributed by atoms with Gasteiger partial charge in [0.1, 0.15) is 6.04 Å². The molecule has 1 unspecified atom stereocenters. The van der Waals surface area contributed by atoms with Crippen LogP contribution < -0.4 is 10.6 Å². The van der Waals surface area contributed by atoms with E-state index in [1.165, 1.54) is 6.92 Å². The summed E-state index contributed by atoms with van der Waals surface area (Å²) in [5.74, 6) is -0.528. The van der Waals surface area contributed by atoms with Crippen LogP contribution in [0, 0.1) is 5.92 Å². The zero-order chi connectivity index (χ0) is 19.6. The number of amides is 3. The lowest BCUT2D eigenvalue weighted by molar-refractivity contribution is -0.122. The second-order valence-corrected chi connectivity index (χ2v) is 7.03. The fourth-order valence-electron chi connectivity index (χ4n) is 3.36. The molecule has 3 amide bonds. The van der Waals surface area contributed by atoms with E-state index in [2.05, 4.69) is 10.6 Å². The Morgan fingerprint density at radius 1 is 0.963 bits per heavy atom. The molecule has 0 aliphatic carbocycles. The van der Waals surface area contributed by atoms with Crippen LogP contribution in [0.15, 0.2) is 48.5 Å². The molecule has 1 aliphatic heterocycles. The molecular weight excluding hydrogens is 342 g/mol. The van der Waals surface area contributed by atoms with E-state index in [0.717, 1.165) is 5.56 Å². The number of hydrogen-bond donors (Lipinski definition) is 2. The minimum atomic E-state index is -0.570. The minimum absolute atomic E-state index is 0.0399. The van der Waals surface area contributed by atoms with Gasteiger partial charge in [-0.25, -0.2) is 0 Å². The normalized spacial score (nSPS) is 14.1. The van der Waals surface area contributed by atoms with E-state index in [-0.39, 0.29) is 23.6 Å². The van der Waals surface area contributed by atoms with Crippen molar-refractivity contribution in [1.29, 1.82) is 0 Å². The van der Waals surface area contributed by atoms with Crippen LogP contribution in [0.5, 0.6) is 0 Å². The molecule has 0 saturated carbocycles. The third-order valence-corrected chi connectivity index (χ3v) is 4.56. The van der Waals surface area contributed by atoms with E-state index in [0.29, 0.717) is 23.5 Å². The molecule has 2 aromatic rings. The SMILES string of the molecule is CC(=O)Nc1ccc(NC(=O)C(C(C)C)N2Cc3ccccc3C2=O)cc1. The van der Waals surface area contributed by atoms with Gasteiger partial charge in [0.2, 0.25) is 11.8 Å². The van der Waals surface area contributed by atoms with E-state index in [1.807, 2.05) is 32.0 Å². The quantitative estimate of drug-likeness (QED) is 0.854. The highest BCUT2D eigenvalue weighted by Crippen LogP contribution is 2.27. The largest absolute Gasteiger partial charge is 0.326 e. The van der Waals surface area contributed by atoms with Gasteiger partial charge in [0, 0.05) is 30.4 Å². The number of anilines is 2. The monoisotopic (exact) mass is 365 g/mol. The van der Waals surface area contributed by atoms with Gasteiger partial charge in [-0.2, -0.15) is 0 Å². The van der Waals surface area contributed by atoms with Crippen LogP contribution in [0.4, 0.5) is 11.4 Å². The molecule has 27 heavy (non-hydrogen) atoms.